The number of non-ortho nitro benzene ring substituents is 1. The number of hydrogen-bond acceptors (Lipinski definition) is 5. The van der Waals surface area contributed by atoms with Crippen LogP contribution < -0.4 is 16.0 Å². The van der Waals surface area contributed by atoms with Crippen molar-refractivity contribution >= 4 is 34.2 Å². The van der Waals surface area contributed by atoms with Crippen molar-refractivity contribution in [1.29, 1.82) is 0 Å². The highest BCUT2D eigenvalue weighted by atomic mass is 16.6. The molecule has 1 heterocycles. The fourth-order valence-corrected chi connectivity index (χ4v) is 3.71. The van der Waals surface area contributed by atoms with Crippen molar-refractivity contribution < 1.29 is 9.72 Å². The van der Waals surface area contributed by atoms with E-state index >= 15 is 0 Å². The third-order valence-corrected chi connectivity index (χ3v) is 5.33. The summed E-state index contributed by atoms with van der Waals surface area (Å²) in [6.07, 6.45) is 0.931. The summed E-state index contributed by atoms with van der Waals surface area (Å²) in [6.45, 7) is 3.94. The number of carbonyl (C=O) groups excluding carboxylic acids is 1. The van der Waals surface area contributed by atoms with E-state index < -0.39 is 4.92 Å². The minimum Gasteiger partial charge on any atom is -0.354 e. The van der Waals surface area contributed by atoms with Crippen molar-refractivity contribution in [2.75, 3.05) is 23.7 Å². The second-order valence-electron chi connectivity index (χ2n) is 7.48. The predicted octanol–water partition coefficient (Wildman–Crippen LogP) is 4.68. The fraction of sp³-hybridized carbons (Fsp3) is 0.160. The third kappa shape index (κ3) is 4.53. The molecule has 1 aliphatic rings. The van der Waals surface area contributed by atoms with Gasteiger partial charge in [-0.25, -0.2) is 0 Å². The minimum absolute atomic E-state index is 0.0600. The fourth-order valence-electron chi connectivity index (χ4n) is 3.71. The van der Waals surface area contributed by atoms with Gasteiger partial charge in [-0.05, 0) is 48.8 Å². The zero-order chi connectivity index (χ0) is 22.5. The van der Waals surface area contributed by atoms with Crippen LogP contribution in [0.3, 0.4) is 0 Å². The number of carbonyl (C=O) groups is 1. The molecular weight excluding hydrogens is 404 g/mol. The highest BCUT2D eigenvalue weighted by Crippen LogP contribution is 2.39. The number of fused-ring (bicyclic) bond motifs is 1. The number of hydrogen-bond donors (Lipinski definition) is 3. The lowest BCUT2D eigenvalue weighted by atomic mass is 9.99. The highest BCUT2D eigenvalue weighted by Gasteiger charge is 2.30. The summed E-state index contributed by atoms with van der Waals surface area (Å²) in [5.74, 6) is -0.297. The van der Waals surface area contributed by atoms with Crippen LogP contribution in [-0.2, 0) is 11.2 Å². The molecule has 0 atom stereocenters. The van der Waals surface area contributed by atoms with E-state index in [0.717, 1.165) is 30.8 Å². The van der Waals surface area contributed by atoms with Crippen molar-refractivity contribution in [2.45, 2.75) is 13.3 Å². The van der Waals surface area contributed by atoms with Crippen molar-refractivity contribution in [3.63, 3.8) is 0 Å². The summed E-state index contributed by atoms with van der Waals surface area (Å²) in [5.41, 5.74) is 4.85. The molecule has 0 spiro atoms. The topological polar surface area (TPSA) is 96.3 Å². The molecule has 32 heavy (non-hydrogen) atoms. The van der Waals surface area contributed by atoms with E-state index in [-0.39, 0.29) is 11.6 Å². The number of amides is 1. The van der Waals surface area contributed by atoms with Gasteiger partial charge in [0.05, 0.1) is 16.2 Å². The maximum atomic E-state index is 12.9. The Kier molecular flexibility index (Phi) is 6.28. The van der Waals surface area contributed by atoms with E-state index in [9.17, 15) is 14.9 Å². The van der Waals surface area contributed by atoms with Gasteiger partial charge in [-0.15, -0.1) is 0 Å². The second kappa shape index (κ2) is 9.45. The Morgan fingerprint density at radius 2 is 1.78 bits per heavy atom. The SMILES string of the molecule is CCNCCc1ccc(N/C(=C2\C(=O)Nc3ccc([N+](=O)[O-])cc32)c2ccccc2)cc1. The molecule has 0 bridgehead atoms. The molecule has 0 aromatic heterocycles. The Bertz CT molecular complexity index is 1170. The van der Waals surface area contributed by atoms with Gasteiger partial charge in [0, 0.05) is 29.1 Å². The number of nitro benzene ring substituents is 1. The maximum Gasteiger partial charge on any atom is 0.270 e. The molecule has 0 saturated heterocycles. The van der Waals surface area contributed by atoms with E-state index in [1.54, 1.807) is 6.07 Å². The predicted molar refractivity (Wildman–Crippen MR) is 127 cm³/mol. The van der Waals surface area contributed by atoms with Crippen molar-refractivity contribution in [2.24, 2.45) is 0 Å². The van der Waals surface area contributed by atoms with Crippen LogP contribution in [0.5, 0.6) is 0 Å². The molecule has 0 aliphatic carbocycles. The second-order valence-corrected chi connectivity index (χ2v) is 7.48. The molecule has 7 nitrogen and oxygen atoms in total. The number of anilines is 2. The van der Waals surface area contributed by atoms with Gasteiger partial charge >= 0.3 is 0 Å². The molecule has 4 rings (SSSR count). The summed E-state index contributed by atoms with van der Waals surface area (Å²) in [7, 11) is 0. The monoisotopic (exact) mass is 428 g/mol. The van der Waals surface area contributed by atoms with Gasteiger partial charge in [0.2, 0.25) is 0 Å². The standard InChI is InChI=1S/C25H24N4O3/c1-2-26-15-14-17-8-10-19(11-9-17)27-24(18-6-4-3-5-7-18)23-21-16-20(29(31)32)12-13-22(21)28-25(23)30/h3-13,16,26-27H,2,14-15H2,1H3,(H,28,30)/b24-23-. The molecule has 1 amide bonds. The van der Waals surface area contributed by atoms with Crippen molar-refractivity contribution in [3.8, 4) is 0 Å². The Morgan fingerprint density at radius 1 is 1.03 bits per heavy atom. The summed E-state index contributed by atoms with van der Waals surface area (Å²) < 4.78 is 0. The highest BCUT2D eigenvalue weighted by molar-refractivity contribution is 6.37. The van der Waals surface area contributed by atoms with E-state index in [4.69, 9.17) is 0 Å². The molecule has 3 aromatic rings. The molecule has 0 fully saturated rings. The van der Waals surface area contributed by atoms with Gasteiger partial charge in [-0.3, -0.25) is 14.9 Å². The van der Waals surface area contributed by atoms with Crippen molar-refractivity contribution in [3.05, 3.63) is 99.6 Å². The summed E-state index contributed by atoms with van der Waals surface area (Å²) in [4.78, 5) is 23.8. The Balaban J connectivity index is 1.75. The summed E-state index contributed by atoms with van der Waals surface area (Å²) in [5, 5.41) is 20.8. The zero-order valence-corrected chi connectivity index (χ0v) is 17.7. The van der Waals surface area contributed by atoms with E-state index in [2.05, 4.69) is 35.0 Å². The number of nitrogens with zero attached hydrogens (tertiary/aromatic N) is 1. The quantitative estimate of drug-likeness (QED) is 0.210. The Morgan fingerprint density at radius 3 is 2.47 bits per heavy atom. The minimum atomic E-state index is -0.456. The Hall–Kier alpha value is -3.97. The van der Waals surface area contributed by atoms with Crippen LogP contribution in [-0.4, -0.2) is 23.9 Å². The molecular formula is C25H24N4O3. The van der Waals surface area contributed by atoms with E-state index in [1.807, 2.05) is 42.5 Å². The van der Waals surface area contributed by atoms with Crippen LogP contribution in [0.4, 0.5) is 17.1 Å². The van der Waals surface area contributed by atoms with Crippen LogP contribution in [0.1, 0.15) is 23.6 Å². The van der Waals surface area contributed by atoms with Gasteiger partial charge in [0.15, 0.2) is 0 Å². The third-order valence-electron chi connectivity index (χ3n) is 5.33. The van der Waals surface area contributed by atoms with Crippen molar-refractivity contribution in [1.82, 2.24) is 5.32 Å². The number of rotatable bonds is 8. The van der Waals surface area contributed by atoms with Crippen LogP contribution in [0.15, 0.2) is 72.8 Å². The van der Waals surface area contributed by atoms with Crippen LogP contribution in [0.25, 0.3) is 11.3 Å². The lowest BCUT2D eigenvalue weighted by molar-refractivity contribution is -0.384. The lowest BCUT2D eigenvalue weighted by Gasteiger charge is -2.15. The first-order valence-corrected chi connectivity index (χ1v) is 10.5. The molecule has 0 radical (unpaired) electrons. The van der Waals surface area contributed by atoms with Crippen LogP contribution in [0.2, 0.25) is 0 Å². The number of nitrogens with one attached hydrogen (secondary N) is 3. The van der Waals surface area contributed by atoms with E-state index in [0.29, 0.717) is 22.5 Å². The molecule has 0 unspecified atom stereocenters. The summed E-state index contributed by atoms with van der Waals surface area (Å²) in [6, 6.07) is 22.0. The molecule has 0 saturated carbocycles. The first kappa shape index (κ1) is 21.3. The Labute approximate surface area is 186 Å². The number of nitro groups is 1. The zero-order valence-electron chi connectivity index (χ0n) is 17.7. The first-order valence-electron chi connectivity index (χ1n) is 10.5. The largest absolute Gasteiger partial charge is 0.354 e. The lowest BCUT2D eigenvalue weighted by Crippen LogP contribution is -2.16. The summed E-state index contributed by atoms with van der Waals surface area (Å²) >= 11 is 0. The maximum absolute atomic E-state index is 12.9. The molecule has 162 valence electrons. The van der Waals surface area contributed by atoms with Gasteiger partial charge in [0.1, 0.15) is 0 Å². The van der Waals surface area contributed by atoms with Gasteiger partial charge in [-0.1, -0.05) is 49.4 Å². The first-order chi connectivity index (χ1) is 15.6. The van der Waals surface area contributed by atoms with Crippen LogP contribution in [0, 0.1) is 10.1 Å². The van der Waals surface area contributed by atoms with Gasteiger partial charge < -0.3 is 16.0 Å². The molecule has 7 heteroatoms. The van der Waals surface area contributed by atoms with E-state index in [1.165, 1.54) is 17.7 Å². The van der Waals surface area contributed by atoms with Gasteiger partial charge in [-0.2, -0.15) is 0 Å². The normalized spacial score (nSPS) is 14.0. The molecule has 1 aliphatic heterocycles. The average molecular weight is 428 g/mol. The smallest absolute Gasteiger partial charge is 0.270 e. The number of benzene rings is 3. The number of likely N-dealkylation sites (N-methyl/N-ethyl adjacent to an activating group) is 1. The van der Waals surface area contributed by atoms with Crippen LogP contribution >= 0.6 is 0 Å². The molecule has 3 N–H and O–H groups in total. The molecule has 3 aromatic carbocycles. The van der Waals surface area contributed by atoms with Gasteiger partial charge in [0.25, 0.3) is 11.6 Å². The average Bonchev–Trinajstić information content (AvgIpc) is 3.14.